The van der Waals surface area contributed by atoms with Gasteiger partial charge in [-0.1, -0.05) is 28.1 Å². The van der Waals surface area contributed by atoms with Gasteiger partial charge in [0.25, 0.3) is 0 Å². The van der Waals surface area contributed by atoms with Crippen molar-refractivity contribution in [1.82, 2.24) is 4.90 Å². The summed E-state index contributed by atoms with van der Waals surface area (Å²) >= 11 is 3.42. The van der Waals surface area contributed by atoms with Crippen molar-refractivity contribution in [1.29, 1.82) is 0 Å². The Balaban J connectivity index is 2.31. The standard InChI is InChI=1S/C12H18BrNO/c1-14(8-2-3-9-15)10-11-4-6-12(13)7-5-11/h4-7,15H,2-3,8-10H2,1H3. The van der Waals surface area contributed by atoms with Crippen LogP contribution in [0, 0.1) is 0 Å². The van der Waals surface area contributed by atoms with E-state index in [0.29, 0.717) is 6.61 Å². The van der Waals surface area contributed by atoms with Crippen molar-refractivity contribution in [3.05, 3.63) is 34.3 Å². The Morgan fingerprint density at radius 2 is 1.87 bits per heavy atom. The zero-order valence-electron chi connectivity index (χ0n) is 9.12. The van der Waals surface area contributed by atoms with E-state index in [9.17, 15) is 0 Å². The molecule has 84 valence electrons. The Hall–Kier alpha value is -0.380. The third-order valence-electron chi connectivity index (χ3n) is 2.31. The maximum Gasteiger partial charge on any atom is 0.0431 e. The van der Waals surface area contributed by atoms with Crippen LogP contribution < -0.4 is 0 Å². The summed E-state index contributed by atoms with van der Waals surface area (Å²) in [6.07, 6.45) is 1.95. The number of halogens is 1. The lowest BCUT2D eigenvalue weighted by atomic mass is 10.2. The predicted octanol–water partition coefficient (Wildman–Crippen LogP) is 2.65. The van der Waals surface area contributed by atoms with Gasteiger partial charge in [-0.3, -0.25) is 0 Å². The number of unbranched alkanes of at least 4 members (excludes halogenated alkanes) is 1. The third kappa shape index (κ3) is 5.30. The van der Waals surface area contributed by atoms with Crippen LogP contribution in [0.5, 0.6) is 0 Å². The lowest BCUT2D eigenvalue weighted by Gasteiger charge is -2.16. The second-order valence-corrected chi connectivity index (χ2v) is 4.71. The second-order valence-electron chi connectivity index (χ2n) is 3.79. The van der Waals surface area contributed by atoms with Crippen molar-refractivity contribution < 1.29 is 5.11 Å². The van der Waals surface area contributed by atoms with Gasteiger partial charge < -0.3 is 10.0 Å². The van der Waals surface area contributed by atoms with Crippen molar-refractivity contribution in [2.45, 2.75) is 19.4 Å². The zero-order valence-corrected chi connectivity index (χ0v) is 10.7. The van der Waals surface area contributed by atoms with Gasteiger partial charge in [-0.05, 0) is 44.1 Å². The van der Waals surface area contributed by atoms with E-state index in [-0.39, 0.29) is 0 Å². The molecular formula is C12H18BrNO. The Kier molecular flexibility index (Phi) is 5.91. The summed E-state index contributed by atoms with van der Waals surface area (Å²) in [6, 6.07) is 8.40. The average Bonchev–Trinajstić information content (AvgIpc) is 2.22. The molecule has 0 saturated carbocycles. The van der Waals surface area contributed by atoms with Crippen LogP contribution in [-0.2, 0) is 6.54 Å². The van der Waals surface area contributed by atoms with Gasteiger partial charge in [0.15, 0.2) is 0 Å². The number of aliphatic hydroxyl groups excluding tert-OH is 1. The minimum absolute atomic E-state index is 0.298. The summed E-state index contributed by atoms with van der Waals surface area (Å²) in [4.78, 5) is 2.28. The number of rotatable bonds is 6. The van der Waals surface area contributed by atoms with E-state index in [4.69, 9.17) is 5.11 Å². The molecule has 0 aliphatic heterocycles. The fourth-order valence-electron chi connectivity index (χ4n) is 1.47. The molecule has 0 bridgehead atoms. The van der Waals surface area contributed by atoms with E-state index < -0.39 is 0 Å². The first kappa shape index (κ1) is 12.7. The number of benzene rings is 1. The molecule has 1 rings (SSSR count). The van der Waals surface area contributed by atoms with Crippen LogP contribution in [0.2, 0.25) is 0 Å². The molecule has 15 heavy (non-hydrogen) atoms. The number of aliphatic hydroxyl groups is 1. The van der Waals surface area contributed by atoms with E-state index >= 15 is 0 Å². The molecule has 0 saturated heterocycles. The van der Waals surface area contributed by atoms with Crippen molar-refractivity contribution in [2.24, 2.45) is 0 Å². The molecule has 0 amide bonds. The molecule has 0 unspecified atom stereocenters. The maximum atomic E-state index is 8.68. The van der Waals surface area contributed by atoms with Crippen LogP contribution in [0.3, 0.4) is 0 Å². The van der Waals surface area contributed by atoms with Gasteiger partial charge in [0.05, 0.1) is 0 Å². The molecule has 0 radical (unpaired) electrons. The molecule has 3 heteroatoms. The highest BCUT2D eigenvalue weighted by Crippen LogP contribution is 2.11. The second kappa shape index (κ2) is 6.99. The van der Waals surface area contributed by atoms with Crippen LogP contribution in [0.15, 0.2) is 28.7 Å². The largest absolute Gasteiger partial charge is 0.396 e. The topological polar surface area (TPSA) is 23.5 Å². The first-order valence-electron chi connectivity index (χ1n) is 5.26. The molecule has 1 N–H and O–H groups in total. The zero-order chi connectivity index (χ0) is 11.1. The summed E-state index contributed by atoms with van der Waals surface area (Å²) in [5.74, 6) is 0. The van der Waals surface area contributed by atoms with Gasteiger partial charge in [-0.15, -0.1) is 0 Å². The summed E-state index contributed by atoms with van der Waals surface area (Å²) in [5, 5.41) is 8.68. The van der Waals surface area contributed by atoms with Crippen molar-refractivity contribution in [3.63, 3.8) is 0 Å². The highest BCUT2D eigenvalue weighted by molar-refractivity contribution is 9.10. The summed E-state index contributed by atoms with van der Waals surface area (Å²) in [5.41, 5.74) is 1.32. The highest BCUT2D eigenvalue weighted by Gasteiger charge is 1.99. The molecule has 0 heterocycles. The lowest BCUT2D eigenvalue weighted by molar-refractivity contribution is 0.261. The molecular weight excluding hydrogens is 254 g/mol. The van der Waals surface area contributed by atoms with E-state index in [2.05, 4.69) is 52.1 Å². The van der Waals surface area contributed by atoms with Crippen molar-refractivity contribution >= 4 is 15.9 Å². The summed E-state index contributed by atoms with van der Waals surface area (Å²) in [6.45, 7) is 2.31. The number of nitrogens with zero attached hydrogens (tertiary/aromatic N) is 1. The van der Waals surface area contributed by atoms with Crippen LogP contribution in [0.25, 0.3) is 0 Å². The Bertz CT molecular complexity index is 273. The van der Waals surface area contributed by atoms with Gasteiger partial charge in [0.1, 0.15) is 0 Å². The first-order valence-corrected chi connectivity index (χ1v) is 6.05. The molecule has 0 aromatic heterocycles. The fourth-order valence-corrected chi connectivity index (χ4v) is 1.74. The number of hydrogen-bond donors (Lipinski definition) is 1. The Morgan fingerprint density at radius 3 is 2.47 bits per heavy atom. The molecule has 0 aliphatic carbocycles. The fraction of sp³-hybridized carbons (Fsp3) is 0.500. The first-order chi connectivity index (χ1) is 7.22. The molecule has 0 fully saturated rings. The SMILES string of the molecule is CN(CCCCO)Cc1ccc(Br)cc1. The monoisotopic (exact) mass is 271 g/mol. The average molecular weight is 272 g/mol. The lowest BCUT2D eigenvalue weighted by Crippen LogP contribution is -2.19. The highest BCUT2D eigenvalue weighted by atomic mass is 79.9. The summed E-state index contributed by atoms with van der Waals surface area (Å²) < 4.78 is 1.12. The van der Waals surface area contributed by atoms with Gasteiger partial charge in [-0.2, -0.15) is 0 Å². The van der Waals surface area contributed by atoms with Crippen LogP contribution >= 0.6 is 15.9 Å². The Morgan fingerprint density at radius 1 is 1.20 bits per heavy atom. The van der Waals surface area contributed by atoms with Crippen molar-refractivity contribution in [2.75, 3.05) is 20.2 Å². The molecule has 0 spiro atoms. The van der Waals surface area contributed by atoms with Gasteiger partial charge >= 0.3 is 0 Å². The number of hydrogen-bond acceptors (Lipinski definition) is 2. The summed E-state index contributed by atoms with van der Waals surface area (Å²) in [7, 11) is 2.11. The normalized spacial score (nSPS) is 10.9. The molecule has 0 aliphatic rings. The molecule has 2 nitrogen and oxygen atoms in total. The van der Waals surface area contributed by atoms with Crippen LogP contribution in [0.1, 0.15) is 18.4 Å². The Labute approximate surface area is 100 Å². The van der Waals surface area contributed by atoms with E-state index in [1.165, 1.54) is 5.56 Å². The van der Waals surface area contributed by atoms with Crippen LogP contribution in [0.4, 0.5) is 0 Å². The predicted molar refractivity (Wildman–Crippen MR) is 66.8 cm³/mol. The third-order valence-corrected chi connectivity index (χ3v) is 2.84. The smallest absolute Gasteiger partial charge is 0.0431 e. The van der Waals surface area contributed by atoms with Gasteiger partial charge in [-0.25, -0.2) is 0 Å². The molecule has 0 atom stereocenters. The van der Waals surface area contributed by atoms with Gasteiger partial charge in [0.2, 0.25) is 0 Å². The van der Waals surface area contributed by atoms with Gasteiger partial charge in [0, 0.05) is 17.6 Å². The minimum Gasteiger partial charge on any atom is -0.396 e. The maximum absolute atomic E-state index is 8.68. The van der Waals surface area contributed by atoms with E-state index in [1.807, 2.05) is 0 Å². The van der Waals surface area contributed by atoms with Crippen LogP contribution in [-0.4, -0.2) is 30.2 Å². The molecule has 1 aromatic rings. The van der Waals surface area contributed by atoms with E-state index in [0.717, 1.165) is 30.4 Å². The molecule has 1 aromatic carbocycles. The quantitative estimate of drug-likeness (QED) is 0.805. The van der Waals surface area contributed by atoms with Crippen molar-refractivity contribution in [3.8, 4) is 0 Å². The minimum atomic E-state index is 0.298. The van der Waals surface area contributed by atoms with E-state index in [1.54, 1.807) is 0 Å².